The van der Waals surface area contributed by atoms with Gasteiger partial charge in [0.15, 0.2) is 5.69 Å². The molecule has 1 fully saturated rings. The minimum absolute atomic E-state index is 0.0622. The maximum absolute atomic E-state index is 13.3. The quantitative estimate of drug-likeness (QED) is 0.509. The monoisotopic (exact) mass is 457 g/mol. The van der Waals surface area contributed by atoms with E-state index < -0.39 is 0 Å². The second-order valence-electron chi connectivity index (χ2n) is 7.83. The number of hydrogen-bond acceptors (Lipinski definition) is 5. The maximum atomic E-state index is 13.3. The van der Waals surface area contributed by atoms with E-state index in [1.54, 1.807) is 12.1 Å². The van der Waals surface area contributed by atoms with E-state index >= 15 is 0 Å². The summed E-state index contributed by atoms with van der Waals surface area (Å²) in [4.78, 5) is 18.8. The molecule has 1 unspecified atom stereocenters. The highest BCUT2D eigenvalue weighted by Gasteiger charge is 2.19. The molecule has 4 rings (SSSR count). The molecule has 1 aliphatic rings. The minimum Gasteiger partial charge on any atom is -0.447 e. The lowest BCUT2D eigenvalue weighted by Crippen LogP contribution is -2.32. The Hall–Kier alpha value is -2.74. The average molecular weight is 458 g/mol. The number of nitrogens with one attached hydrogen (secondary N) is 1. The van der Waals surface area contributed by atoms with E-state index in [0.29, 0.717) is 37.1 Å². The third kappa shape index (κ3) is 6.16. The van der Waals surface area contributed by atoms with Crippen LogP contribution in [0.5, 0.6) is 0 Å². The van der Waals surface area contributed by atoms with Gasteiger partial charge in [-0.2, -0.15) is 0 Å². The molecule has 1 saturated heterocycles. The Balaban J connectivity index is 1.43. The summed E-state index contributed by atoms with van der Waals surface area (Å²) in [6, 6.07) is 14.0. The van der Waals surface area contributed by atoms with Gasteiger partial charge in [0.2, 0.25) is 5.89 Å². The van der Waals surface area contributed by atoms with Gasteiger partial charge in [0, 0.05) is 31.3 Å². The number of benzene rings is 2. The van der Waals surface area contributed by atoms with E-state index in [-0.39, 0.29) is 23.5 Å². The Morgan fingerprint density at radius 1 is 1.16 bits per heavy atom. The van der Waals surface area contributed by atoms with Crippen LogP contribution in [0, 0.1) is 5.82 Å². The smallest absolute Gasteiger partial charge is 0.273 e. The molecular formula is C24H25ClFN3O3. The van der Waals surface area contributed by atoms with Gasteiger partial charge in [0.1, 0.15) is 12.1 Å². The lowest BCUT2D eigenvalue weighted by molar-refractivity contribution is 0.0853. The number of carbonyl (C=O) groups excluding carboxylic acids is 1. The van der Waals surface area contributed by atoms with Crippen LogP contribution >= 0.6 is 11.6 Å². The van der Waals surface area contributed by atoms with Crippen molar-refractivity contribution in [2.75, 3.05) is 13.2 Å². The fourth-order valence-corrected chi connectivity index (χ4v) is 3.86. The third-order valence-corrected chi connectivity index (χ3v) is 5.70. The number of aromatic nitrogens is 1. The number of rotatable bonds is 9. The van der Waals surface area contributed by atoms with Crippen LogP contribution in [-0.2, 0) is 24.4 Å². The molecule has 168 valence electrons. The van der Waals surface area contributed by atoms with E-state index in [0.717, 1.165) is 30.6 Å². The SMILES string of the molecule is O=C(NCC1CCCO1)c1coc(CN(Cc2ccc(F)cc2)Cc2ccccc2Cl)n1. The van der Waals surface area contributed by atoms with Gasteiger partial charge in [0.25, 0.3) is 5.91 Å². The molecule has 32 heavy (non-hydrogen) atoms. The maximum Gasteiger partial charge on any atom is 0.273 e. The molecule has 0 saturated carbocycles. The van der Waals surface area contributed by atoms with Crippen molar-refractivity contribution < 1.29 is 18.3 Å². The highest BCUT2D eigenvalue weighted by atomic mass is 35.5. The summed E-state index contributed by atoms with van der Waals surface area (Å²) in [5.41, 5.74) is 2.13. The molecule has 8 heteroatoms. The normalized spacial score (nSPS) is 15.9. The number of amides is 1. The van der Waals surface area contributed by atoms with Crippen LogP contribution in [0.4, 0.5) is 4.39 Å². The van der Waals surface area contributed by atoms with Gasteiger partial charge in [0.05, 0.1) is 12.6 Å². The van der Waals surface area contributed by atoms with Crippen molar-refractivity contribution in [1.82, 2.24) is 15.2 Å². The van der Waals surface area contributed by atoms with E-state index in [4.69, 9.17) is 20.8 Å². The number of nitrogens with zero attached hydrogens (tertiary/aromatic N) is 2. The molecule has 0 spiro atoms. The molecule has 0 radical (unpaired) electrons. The molecule has 0 aliphatic carbocycles. The number of halogens is 2. The molecular weight excluding hydrogens is 433 g/mol. The highest BCUT2D eigenvalue weighted by Crippen LogP contribution is 2.20. The third-order valence-electron chi connectivity index (χ3n) is 5.33. The number of carbonyl (C=O) groups is 1. The lowest BCUT2D eigenvalue weighted by Gasteiger charge is -2.21. The number of oxazole rings is 1. The van der Waals surface area contributed by atoms with E-state index in [9.17, 15) is 9.18 Å². The summed E-state index contributed by atoms with van der Waals surface area (Å²) in [6.45, 7) is 2.64. The second-order valence-corrected chi connectivity index (χ2v) is 8.24. The highest BCUT2D eigenvalue weighted by molar-refractivity contribution is 6.31. The van der Waals surface area contributed by atoms with Crippen LogP contribution in [0.3, 0.4) is 0 Å². The fourth-order valence-electron chi connectivity index (χ4n) is 3.66. The first kappa shape index (κ1) is 22.5. The number of hydrogen-bond donors (Lipinski definition) is 1. The Kier molecular flexibility index (Phi) is 7.52. The molecule has 1 aliphatic heterocycles. The van der Waals surface area contributed by atoms with Crippen molar-refractivity contribution >= 4 is 17.5 Å². The first-order valence-electron chi connectivity index (χ1n) is 10.6. The molecule has 1 N–H and O–H groups in total. The zero-order valence-electron chi connectivity index (χ0n) is 17.6. The largest absolute Gasteiger partial charge is 0.447 e. The Bertz CT molecular complexity index is 1030. The molecule has 6 nitrogen and oxygen atoms in total. The molecule has 0 bridgehead atoms. The zero-order valence-corrected chi connectivity index (χ0v) is 18.4. The van der Waals surface area contributed by atoms with E-state index in [2.05, 4.69) is 15.2 Å². The van der Waals surface area contributed by atoms with Crippen LogP contribution in [0.1, 0.15) is 40.3 Å². The van der Waals surface area contributed by atoms with Gasteiger partial charge in [-0.1, -0.05) is 41.9 Å². The van der Waals surface area contributed by atoms with Crippen LogP contribution in [0.15, 0.2) is 59.2 Å². The first-order valence-corrected chi connectivity index (χ1v) is 11.0. The van der Waals surface area contributed by atoms with Crippen molar-refractivity contribution in [3.63, 3.8) is 0 Å². The lowest BCUT2D eigenvalue weighted by atomic mass is 10.1. The topological polar surface area (TPSA) is 67.6 Å². The molecule has 2 aromatic carbocycles. The fraction of sp³-hybridized carbons (Fsp3) is 0.333. The van der Waals surface area contributed by atoms with Crippen LogP contribution in [-0.4, -0.2) is 35.0 Å². The second kappa shape index (κ2) is 10.7. The Morgan fingerprint density at radius 2 is 1.97 bits per heavy atom. The minimum atomic E-state index is -0.285. The summed E-state index contributed by atoms with van der Waals surface area (Å²) >= 11 is 6.35. The first-order chi connectivity index (χ1) is 15.6. The van der Waals surface area contributed by atoms with Gasteiger partial charge in [-0.15, -0.1) is 0 Å². The predicted molar refractivity (Wildman–Crippen MR) is 119 cm³/mol. The molecule has 1 amide bonds. The average Bonchev–Trinajstić information content (AvgIpc) is 3.47. The summed E-state index contributed by atoms with van der Waals surface area (Å²) in [7, 11) is 0. The van der Waals surface area contributed by atoms with Gasteiger partial charge < -0.3 is 14.5 Å². The van der Waals surface area contributed by atoms with Crippen LogP contribution < -0.4 is 5.32 Å². The van der Waals surface area contributed by atoms with Crippen molar-refractivity contribution in [2.24, 2.45) is 0 Å². The molecule has 1 aromatic heterocycles. The van der Waals surface area contributed by atoms with Crippen molar-refractivity contribution in [3.8, 4) is 0 Å². The zero-order chi connectivity index (χ0) is 22.3. The van der Waals surface area contributed by atoms with Gasteiger partial charge in [-0.3, -0.25) is 9.69 Å². The van der Waals surface area contributed by atoms with Crippen molar-refractivity contribution in [2.45, 2.75) is 38.6 Å². The Morgan fingerprint density at radius 3 is 2.72 bits per heavy atom. The van der Waals surface area contributed by atoms with E-state index in [1.165, 1.54) is 18.4 Å². The van der Waals surface area contributed by atoms with Crippen LogP contribution in [0.25, 0.3) is 0 Å². The van der Waals surface area contributed by atoms with Crippen LogP contribution in [0.2, 0.25) is 5.02 Å². The summed E-state index contributed by atoms with van der Waals surface area (Å²) in [5.74, 6) is -0.147. The molecule has 3 aromatic rings. The van der Waals surface area contributed by atoms with Gasteiger partial charge in [-0.25, -0.2) is 9.37 Å². The summed E-state index contributed by atoms with van der Waals surface area (Å²) in [6.07, 6.45) is 3.40. The molecule has 2 heterocycles. The standard InChI is InChI=1S/C24H25ClFN3O3/c25-21-6-2-1-4-18(21)14-29(13-17-7-9-19(26)10-8-17)15-23-28-22(16-32-23)24(30)27-12-20-5-3-11-31-20/h1-2,4,6-10,16,20H,3,5,11-15H2,(H,27,30). The Labute approximate surface area is 191 Å². The number of ether oxygens (including phenoxy) is 1. The van der Waals surface area contributed by atoms with E-state index in [1.807, 2.05) is 24.3 Å². The van der Waals surface area contributed by atoms with Gasteiger partial charge >= 0.3 is 0 Å². The summed E-state index contributed by atoms with van der Waals surface area (Å²) in [5, 5.41) is 3.51. The van der Waals surface area contributed by atoms with Crippen molar-refractivity contribution in [1.29, 1.82) is 0 Å². The summed E-state index contributed by atoms with van der Waals surface area (Å²) < 4.78 is 24.4. The molecule has 1 atom stereocenters. The van der Waals surface area contributed by atoms with Crippen molar-refractivity contribution in [3.05, 3.63) is 88.3 Å². The predicted octanol–water partition coefficient (Wildman–Crippen LogP) is 4.58. The van der Waals surface area contributed by atoms with Gasteiger partial charge in [-0.05, 0) is 42.2 Å².